The van der Waals surface area contributed by atoms with Gasteiger partial charge in [0.05, 0.1) is 6.21 Å². The summed E-state index contributed by atoms with van der Waals surface area (Å²) in [5.41, 5.74) is 0.0315. The second kappa shape index (κ2) is 5.69. The Morgan fingerprint density at radius 2 is 2.14 bits per heavy atom. The van der Waals surface area contributed by atoms with Gasteiger partial charge in [-0.25, -0.2) is 4.39 Å². The molecule has 7 heteroatoms. The number of aromatic amines is 1. The number of halogens is 1. The van der Waals surface area contributed by atoms with Crippen molar-refractivity contribution in [2.24, 2.45) is 5.10 Å². The van der Waals surface area contributed by atoms with Gasteiger partial charge in [-0.3, -0.25) is 9.89 Å². The minimum atomic E-state index is -0.438. The zero-order valence-corrected chi connectivity index (χ0v) is 12.7. The standard InChI is InChI=1S/C14H15FN4OS/c1-14(2,3)11-12(20)19(13(21)18-17-11)16-8-9-5-4-6-10(15)7-9/h4-8H,1-3H3,(H,18,21)/b16-8-. The zero-order valence-electron chi connectivity index (χ0n) is 11.9. The number of nitrogens with zero attached hydrogens (tertiary/aromatic N) is 3. The van der Waals surface area contributed by atoms with Gasteiger partial charge < -0.3 is 0 Å². The molecule has 0 fully saturated rings. The highest BCUT2D eigenvalue weighted by Gasteiger charge is 2.21. The van der Waals surface area contributed by atoms with Gasteiger partial charge in [-0.05, 0) is 29.9 Å². The molecule has 0 aliphatic heterocycles. The average molecular weight is 306 g/mol. The predicted octanol–water partition coefficient (Wildman–Crippen LogP) is 2.62. The van der Waals surface area contributed by atoms with E-state index in [0.29, 0.717) is 11.3 Å². The van der Waals surface area contributed by atoms with Gasteiger partial charge in [0.25, 0.3) is 5.56 Å². The molecule has 5 nitrogen and oxygen atoms in total. The van der Waals surface area contributed by atoms with Crippen LogP contribution in [0.2, 0.25) is 0 Å². The van der Waals surface area contributed by atoms with Gasteiger partial charge in [-0.1, -0.05) is 32.9 Å². The number of hydrogen-bond acceptors (Lipinski definition) is 4. The maximum Gasteiger partial charge on any atom is 0.297 e. The minimum absolute atomic E-state index is 0.0839. The second-order valence-corrected chi connectivity index (χ2v) is 5.93. The van der Waals surface area contributed by atoms with E-state index in [1.807, 2.05) is 20.8 Å². The van der Waals surface area contributed by atoms with E-state index in [1.165, 1.54) is 18.3 Å². The van der Waals surface area contributed by atoms with Crippen molar-refractivity contribution in [3.8, 4) is 0 Å². The van der Waals surface area contributed by atoms with E-state index >= 15 is 0 Å². The van der Waals surface area contributed by atoms with Crippen LogP contribution in [0.3, 0.4) is 0 Å². The van der Waals surface area contributed by atoms with Crippen LogP contribution in [0.1, 0.15) is 32.0 Å². The lowest BCUT2D eigenvalue weighted by molar-refractivity contribution is 0.529. The molecule has 1 heterocycles. The van der Waals surface area contributed by atoms with Crippen molar-refractivity contribution < 1.29 is 4.39 Å². The Morgan fingerprint density at radius 3 is 2.76 bits per heavy atom. The number of H-pyrrole nitrogens is 1. The van der Waals surface area contributed by atoms with Crippen LogP contribution in [0.15, 0.2) is 34.2 Å². The van der Waals surface area contributed by atoms with Gasteiger partial charge in [0, 0.05) is 5.41 Å². The van der Waals surface area contributed by atoms with Crippen LogP contribution >= 0.6 is 12.2 Å². The van der Waals surface area contributed by atoms with Gasteiger partial charge in [0.1, 0.15) is 11.5 Å². The summed E-state index contributed by atoms with van der Waals surface area (Å²) in [6.45, 7) is 5.61. The quantitative estimate of drug-likeness (QED) is 0.685. The highest BCUT2D eigenvalue weighted by atomic mass is 32.1. The zero-order chi connectivity index (χ0) is 15.6. The van der Waals surface area contributed by atoms with E-state index in [2.05, 4.69) is 15.3 Å². The first-order valence-electron chi connectivity index (χ1n) is 6.31. The molecule has 0 saturated heterocycles. The van der Waals surface area contributed by atoms with Crippen LogP contribution in [0, 0.1) is 10.6 Å². The van der Waals surface area contributed by atoms with Crippen molar-refractivity contribution in [3.63, 3.8) is 0 Å². The molecule has 1 N–H and O–H groups in total. The van der Waals surface area contributed by atoms with Crippen LogP contribution in [0.5, 0.6) is 0 Å². The summed E-state index contributed by atoms with van der Waals surface area (Å²) >= 11 is 5.02. The first-order chi connectivity index (χ1) is 9.79. The smallest absolute Gasteiger partial charge is 0.265 e. The molecule has 0 atom stereocenters. The summed E-state index contributed by atoms with van der Waals surface area (Å²) in [6, 6.07) is 5.89. The molecule has 0 amide bonds. The molecule has 0 unspecified atom stereocenters. The van der Waals surface area contributed by atoms with Gasteiger partial charge in [0.15, 0.2) is 0 Å². The van der Waals surface area contributed by atoms with Crippen LogP contribution < -0.4 is 5.56 Å². The van der Waals surface area contributed by atoms with Crippen molar-refractivity contribution in [3.05, 3.63) is 56.5 Å². The summed E-state index contributed by atoms with van der Waals surface area (Å²) in [6.07, 6.45) is 1.38. The highest BCUT2D eigenvalue weighted by Crippen LogP contribution is 2.15. The third kappa shape index (κ3) is 3.49. The van der Waals surface area contributed by atoms with Crippen molar-refractivity contribution in [1.29, 1.82) is 0 Å². The lowest BCUT2D eigenvalue weighted by Crippen LogP contribution is -2.32. The Hall–Kier alpha value is -2.15. The van der Waals surface area contributed by atoms with E-state index < -0.39 is 5.41 Å². The molecule has 0 spiro atoms. The Morgan fingerprint density at radius 1 is 1.43 bits per heavy atom. The summed E-state index contributed by atoms with van der Waals surface area (Å²) in [4.78, 5) is 12.4. The summed E-state index contributed by atoms with van der Waals surface area (Å²) in [5, 5.41) is 10.6. The molecule has 0 aliphatic carbocycles. The summed E-state index contributed by atoms with van der Waals surface area (Å²) in [5.74, 6) is -0.374. The van der Waals surface area contributed by atoms with Gasteiger partial charge in [-0.2, -0.15) is 14.9 Å². The lowest BCUT2D eigenvalue weighted by atomic mass is 9.93. The maximum atomic E-state index is 13.1. The second-order valence-electron chi connectivity index (χ2n) is 5.54. The molecule has 1 aromatic carbocycles. The minimum Gasteiger partial charge on any atom is -0.265 e. The normalized spacial score (nSPS) is 12.0. The molecular weight excluding hydrogens is 291 g/mol. The monoisotopic (exact) mass is 306 g/mol. The fourth-order valence-electron chi connectivity index (χ4n) is 1.70. The Bertz CT molecular complexity index is 802. The molecule has 21 heavy (non-hydrogen) atoms. The fraction of sp³-hybridized carbons (Fsp3) is 0.286. The topological polar surface area (TPSA) is 63.0 Å². The molecule has 0 saturated carbocycles. The van der Waals surface area contributed by atoms with E-state index in [4.69, 9.17) is 12.2 Å². The fourth-order valence-corrected chi connectivity index (χ4v) is 1.87. The van der Waals surface area contributed by atoms with Crippen molar-refractivity contribution >= 4 is 18.4 Å². The Labute approximate surface area is 126 Å². The third-order valence-electron chi connectivity index (χ3n) is 2.73. The van der Waals surface area contributed by atoms with Crippen LogP contribution in [0.25, 0.3) is 0 Å². The van der Waals surface area contributed by atoms with Crippen LogP contribution in [0.4, 0.5) is 4.39 Å². The Balaban J connectivity index is 2.50. The molecular formula is C14H15FN4OS. The van der Waals surface area contributed by atoms with E-state index in [-0.39, 0.29) is 16.1 Å². The van der Waals surface area contributed by atoms with Crippen molar-refractivity contribution in [2.45, 2.75) is 26.2 Å². The molecule has 0 bridgehead atoms. The molecule has 0 radical (unpaired) electrons. The molecule has 2 rings (SSSR count). The van der Waals surface area contributed by atoms with E-state index in [0.717, 1.165) is 4.68 Å². The Kier molecular flexibility index (Phi) is 4.13. The van der Waals surface area contributed by atoms with E-state index in [1.54, 1.807) is 12.1 Å². The largest absolute Gasteiger partial charge is 0.297 e. The average Bonchev–Trinajstić information content (AvgIpc) is 2.37. The first-order valence-corrected chi connectivity index (χ1v) is 6.72. The molecule has 110 valence electrons. The van der Waals surface area contributed by atoms with Crippen LogP contribution in [-0.4, -0.2) is 21.1 Å². The first kappa shape index (κ1) is 15.2. The van der Waals surface area contributed by atoms with Crippen molar-refractivity contribution in [2.75, 3.05) is 0 Å². The van der Waals surface area contributed by atoms with Gasteiger partial charge >= 0.3 is 0 Å². The van der Waals surface area contributed by atoms with E-state index in [9.17, 15) is 9.18 Å². The van der Waals surface area contributed by atoms with Crippen molar-refractivity contribution in [1.82, 2.24) is 14.9 Å². The van der Waals surface area contributed by atoms with Gasteiger partial charge in [-0.15, -0.1) is 0 Å². The molecule has 2 aromatic rings. The lowest BCUT2D eigenvalue weighted by Gasteiger charge is -2.16. The highest BCUT2D eigenvalue weighted by molar-refractivity contribution is 7.71. The molecule has 1 aromatic heterocycles. The predicted molar refractivity (Wildman–Crippen MR) is 81.8 cm³/mol. The number of aromatic nitrogens is 3. The number of nitrogens with one attached hydrogen (secondary N) is 1. The summed E-state index contributed by atoms with van der Waals surface area (Å²) in [7, 11) is 0. The molecule has 0 aliphatic rings. The summed E-state index contributed by atoms with van der Waals surface area (Å²) < 4.78 is 14.2. The number of benzene rings is 1. The SMILES string of the molecule is CC(C)(C)c1n[nH]c(=S)n(/N=C\c2cccc(F)c2)c1=O. The maximum absolute atomic E-state index is 13.1. The van der Waals surface area contributed by atoms with Crippen LogP contribution in [-0.2, 0) is 5.41 Å². The third-order valence-corrected chi connectivity index (χ3v) is 3.00. The number of hydrogen-bond donors (Lipinski definition) is 1. The van der Waals surface area contributed by atoms with Gasteiger partial charge in [0.2, 0.25) is 4.77 Å². The number of rotatable bonds is 2.